The highest BCUT2D eigenvalue weighted by Crippen LogP contribution is 2.10. The maximum absolute atomic E-state index is 8.91. The molecule has 0 aliphatic rings. The predicted octanol–water partition coefficient (Wildman–Crippen LogP) is 1.19. The van der Waals surface area contributed by atoms with Crippen molar-refractivity contribution in [2.24, 2.45) is 0 Å². The molecule has 4 heteroatoms. The summed E-state index contributed by atoms with van der Waals surface area (Å²) in [4.78, 5) is 2.00. The normalized spacial score (nSPS) is 11.8. The zero-order chi connectivity index (χ0) is 10.6. The lowest BCUT2D eigenvalue weighted by Gasteiger charge is -2.04. The van der Waals surface area contributed by atoms with Crippen LogP contribution in [0.25, 0.3) is 5.57 Å². The minimum Gasteiger partial charge on any atom is -0.306 e. The lowest BCUT2D eigenvalue weighted by molar-refractivity contribution is 0.457. The van der Waals surface area contributed by atoms with E-state index in [0.29, 0.717) is 11.3 Å². The Kier molecular flexibility index (Phi) is 3.43. The zero-order valence-corrected chi connectivity index (χ0v) is 8.70. The molecule has 0 aliphatic carbocycles. The van der Waals surface area contributed by atoms with Crippen molar-refractivity contribution in [3.8, 4) is 6.07 Å². The fraction of sp³-hybridized carbons (Fsp3) is 0.400. The Morgan fingerprint density at radius 1 is 1.71 bits per heavy atom. The van der Waals surface area contributed by atoms with Crippen molar-refractivity contribution >= 4 is 5.57 Å². The van der Waals surface area contributed by atoms with Crippen molar-refractivity contribution in [2.45, 2.75) is 6.92 Å². The zero-order valence-electron chi connectivity index (χ0n) is 8.70. The number of likely N-dealkylation sites (N-methyl/N-ethyl adjacent to an activating group) is 1. The Morgan fingerprint density at radius 3 is 2.86 bits per heavy atom. The molecule has 0 amide bonds. The van der Waals surface area contributed by atoms with Crippen LogP contribution in [-0.2, 0) is 0 Å². The largest absolute Gasteiger partial charge is 0.306 e. The number of nitriles is 1. The van der Waals surface area contributed by atoms with Crippen molar-refractivity contribution in [1.29, 1.82) is 5.26 Å². The van der Waals surface area contributed by atoms with Crippen LogP contribution in [0.4, 0.5) is 0 Å². The van der Waals surface area contributed by atoms with Crippen molar-refractivity contribution in [2.75, 3.05) is 20.6 Å². The number of aromatic amines is 1. The summed E-state index contributed by atoms with van der Waals surface area (Å²) in [6.45, 7) is 2.66. The van der Waals surface area contributed by atoms with Gasteiger partial charge in [-0.1, -0.05) is 6.08 Å². The minimum absolute atomic E-state index is 0.614. The second-order valence-electron chi connectivity index (χ2n) is 3.43. The van der Waals surface area contributed by atoms with E-state index in [1.54, 1.807) is 0 Å². The quantitative estimate of drug-likeness (QED) is 0.728. The Morgan fingerprint density at radius 2 is 2.43 bits per heavy atom. The summed E-state index contributed by atoms with van der Waals surface area (Å²) in [5, 5.41) is 15.8. The summed E-state index contributed by atoms with van der Waals surface area (Å²) < 4.78 is 0. The molecular weight excluding hydrogens is 176 g/mol. The van der Waals surface area contributed by atoms with Crippen LogP contribution in [-0.4, -0.2) is 35.7 Å². The first-order chi connectivity index (χ1) is 6.63. The Bertz CT molecular complexity index is 368. The third kappa shape index (κ3) is 2.71. The number of hydrogen-bond acceptors (Lipinski definition) is 3. The van der Waals surface area contributed by atoms with Crippen molar-refractivity contribution in [1.82, 2.24) is 15.1 Å². The lowest BCUT2D eigenvalue weighted by atomic mass is 10.2. The molecule has 0 bridgehead atoms. The van der Waals surface area contributed by atoms with Gasteiger partial charge in [0.15, 0.2) is 0 Å². The molecule has 14 heavy (non-hydrogen) atoms. The minimum atomic E-state index is 0.614. The average molecular weight is 190 g/mol. The molecule has 4 nitrogen and oxygen atoms in total. The fourth-order valence-electron chi connectivity index (χ4n) is 1.04. The number of aryl methyl sites for hydroxylation is 1. The van der Waals surface area contributed by atoms with Gasteiger partial charge in [-0.15, -0.1) is 0 Å². The molecule has 0 unspecified atom stereocenters. The molecule has 0 saturated heterocycles. The Labute approximate surface area is 83.8 Å². The summed E-state index contributed by atoms with van der Waals surface area (Å²) in [5.41, 5.74) is 2.29. The van der Waals surface area contributed by atoms with Gasteiger partial charge in [-0.3, -0.25) is 5.10 Å². The van der Waals surface area contributed by atoms with Crippen molar-refractivity contribution < 1.29 is 0 Å². The molecule has 0 aliphatic heterocycles. The summed E-state index contributed by atoms with van der Waals surface area (Å²) >= 11 is 0. The van der Waals surface area contributed by atoms with Gasteiger partial charge in [-0.05, 0) is 27.1 Å². The molecule has 0 saturated carbocycles. The summed E-state index contributed by atoms with van der Waals surface area (Å²) in [6, 6.07) is 4.00. The maximum atomic E-state index is 8.91. The van der Waals surface area contributed by atoms with Gasteiger partial charge in [0, 0.05) is 12.2 Å². The first-order valence-corrected chi connectivity index (χ1v) is 4.41. The van der Waals surface area contributed by atoms with Crippen LogP contribution in [0.15, 0.2) is 12.1 Å². The second-order valence-corrected chi connectivity index (χ2v) is 3.43. The molecular formula is C10H14N4. The highest BCUT2D eigenvalue weighted by atomic mass is 15.1. The highest BCUT2D eigenvalue weighted by molar-refractivity contribution is 5.74. The van der Waals surface area contributed by atoms with E-state index < -0.39 is 0 Å². The summed E-state index contributed by atoms with van der Waals surface area (Å²) in [7, 11) is 3.92. The topological polar surface area (TPSA) is 55.7 Å². The number of hydrogen-bond donors (Lipinski definition) is 1. The van der Waals surface area contributed by atoms with E-state index in [1.165, 1.54) is 0 Å². The molecule has 0 radical (unpaired) electrons. The highest BCUT2D eigenvalue weighted by Gasteiger charge is 2.03. The molecule has 1 rings (SSSR count). The number of nitrogens with one attached hydrogen (secondary N) is 1. The maximum Gasteiger partial charge on any atom is 0.103 e. The fourth-order valence-corrected chi connectivity index (χ4v) is 1.04. The van der Waals surface area contributed by atoms with E-state index in [2.05, 4.69) is 16.3 Å². The van der Waals surface area contributed by atoms with E-state index in [1.807, 2.05) is 38.1 Å². The molecule has 1 aromatic heterocycles. The van der Waals surface area contributed by atoms with Crippen LogP contribution < -0.4 is 0 Å². The molecule has 74 valence electrons. The van der Waals surface area contributed by atoms with Crippen LogP contribution in [0.2, 0.25) is 0 Å². The number of allylic oxidation sites excluding steroid dienone is 1. The third-order valence-corrected chi connectivity index (χ3v) is 1.76. The molecule has 0 fully saturated rings. The van der Waals surface area contributed by atoms with Crippen molar-refractivity contribution in [3.63, 3.8) is 0 Å². The molecule has 0 atom stereocenters. The molecule has 0 aromatic carbocycles. The Hall–Kier alpha value is -1.60. The third-order valence-electron chi connectivity index (χ3n) is 1.76. The number of H-pyrrole nitrogens is 1. The number of aromatic nitrogens is 2. The lowest BCUT2D eigenvalue weighted by Crippen LogP contribution is -2.11. The standard InChI is InChI=1S/C10H14N4/c1-8-6-10(13-12-8)9(7-11)4-5-14(2)3/h4,6H,5H2,1-3H3,(H,12,13)/b9-4+. The first-order valence-electron chi connectivity index (χ1n) is 4.41. The second kappa shape index (κ2) is 4.58. The van der Waals surface area contributed by atoms with Crippen LogP contribution in [0, 0.1) is 18.3 Å². The van der Waals surface area contributed by atoms with Crippen LogP contribution in [0.5, 0.6) is 0 Å². The van der Waals surface area contributed by atoms with Crippen LogP contribution in [0.1, 0.15) is 11.4 Å². The number of nitrogens with zero attached hydrogens (tertiary/aromatic N) is 3. The molecule has 1 heterocycles. The Balaban J connectivity index is 2.83. The van der Waals surface area contributed by atoms with Gasteiger partial charge in [-0.25, -0.2) is 0 Å². The predicted molar refractivity (Wildman–Crippen MR) is 55.5 cm³/mol. The van der Waals surface area contributed by atoms with E-state index in [-0.39, 0.29) is 0 Å². The van der Waals surface area contributed by atoms with E-state index >= 15 is 0 Å². The SMILES string of the molecule is Cc1cc(/C(C#N)=C/CN(C)C)n[nH]1. The smallest absolute Gasteiger partial charge is 0.103 e. The van der Waals surface area contributed by atoms with Gasteiger partial charge in [0.05, 0.1) is 5.57 Å². The van der Waals surface area contributed by atoms with E-state index in [0.717, 1.165) is 12.2 Å². The van der Waals surface area contributed by atoms with E-state index in [9.17, 15) is 0 Å². The van der Waals surface area contributed by atoms with E-state index in [4.69, 9.17) is 5.26 Å². The van der Waals surface area contributed by atoms with Gasteiger partial charge in [0.2, 0.25) is 0 Å². The molecule has 0 spiro atoms. The summed E-state index contributed by atoms with van der Waals surface area (Å²) in [6.07, 6.45) is 1.87. The van der Waals surface area contributed by atoms with Gasteiger partial charge in [0.1, 0.15) is 11.8 Å². The number of rotatable bonds is 3. The van der Waals surface area contributed by atoms with Gasteiger partial charge >= 0.3 is 0 Å². The average Bonchev–Trinajstić information content (AvgIpc) is 2.53. The summed E-state index contributed by atoms with van der Waals surface area (Å²) in [5.74, 6) is 0. The van der Waals surface area contributed by atoms with Crippen molar-refractivity contribution in [3.05, 3.63) is 23.5 Å². The van der Waals surface area contributed by atoms with Crippen LogP contribution >= 0.6 is 0 Å². The molecule has 1 aromatic rings. The van der Waals surface area contributed by atoms with Gasteiger partial charge in [-0.2, -0.15) is 10.4 Å². The monoisotopic (exact) mass is 190 g/mol. The van der Waals surface area contributed by atoms with Gasteiger partial charge < -0.3 is 4.90 Å². The molecule has 1 N–H and O–H groups in total. The van der Waals surface area contributed by atoms with Gasteiger partial charge in [0.25, 0.3) is 0 Å². The van der Waals surface area contributed by atoms with Crippen LogP contribution in [0.3, 0.4) is 0 Å². The first kappa shape index (κ1) is 10.5.